The first-order chi connectivity index (χ1) is 15.0. The van der Waals surface area contributed by atoms with Crippen molar-refractivity contribution in [2.45, 2.75) is 17.7 Å². The fourth-order valence-electron chi connectivity index (χ4n) is 3.10. The number of nitrogens with zero attached hydrogens (tertiary/aromatic N) is 2. The van der Waals surface area contributed by atoms with E-state index in [1.807, 2.05) is 24.3 Å². The molecule has 31 heavy (non-hydrogen) atoms. The van der Waals surface area contributed by atoms with Crippen LogP contribution in [0.3, 0.4) is 0 Å². The predicted molar refractivity (Wildman–Crippen MR) is 112 cm³/mol. The zero-order valence-electron chi connectivity index (χ0n) is 16.0. The Kier molecular flexibility index (Phi) is 5.99. The molecule has 8 nitrogen and oxygen atoms in total. The summed E-state index contributed by atoms with van der Waals surface area (Å²) in [4.78, 5) is 27.0. The maximum absolute atomic E-state index is 13.8. The van der Waals surface area contributed by atoms with E-state index in [2.05, 4.69) is 20.5 Å². The molecule has 0 fully saturated rings. The molecule has 0 saturated heterocycles. The Labute approximate surface area is 179 Å². The molecule has 0 spiro atoms. The molecule has 4 aromatic rings. The molecule has 1 atom stereocenters. The molecule has 0 aliphatic rings. The van der Waals surface area contributed by atoms with Crippen LogP contribution in [0.15, 0.2) is 64.4 Å². The molecule has 10 heteroatoms. The standard InChI is InChI=1S/C21H17FN4O4S/c22-15-7-3-1-6-14(15)19-25-26-21(30-19)31-11-18(27)24-17(20(28)29)9-12-10-23-16-8-4-2-5-13(12)16/h1-8,10,17,23H,9,11H2,(H,24,27)(H,28,29)/t17-/m1/s1. The molecule has 158 valence electrons. The first-order valence-corrected chi connectivity index (χ1v) is 10.3. The van der Waals surface area contributed by atoms with Crippen molar-refractivity contribution < 1.29 is 23.5 Å². The van der Waals surface area contributed by atoms with Gasteiger partial charge in [-0.05, 0) is 23.8 Å². The minimum absolute atomic E-state index is 0.00348. The number of hydrogen-bond acceptors (Lipinski definition) is 6. The number of rotatable bonds is 8. The summed E-state index contributed by atoms with van der Waals surface area (Å²) in [6, 6.07) is 12.4. The Morgan fingerprint density at radius 2 is 1.94 bits per heavy atom. The second-order valence-corrected chi connectivity index (χ2v) is 7.59. The van der Waals surface area contributed by atoms with Gasteiger partial charge < -0.3 is 19.8 Å². The van der Waals surface area contributed by atoms with Crippen molar-refractivity contribution in [1.29, 1.82) is 0 Å². The van der Waals surface area contributed by atoms with Crippen molar-refractivity contribution in [3.8, 4) is 11.5 Å². The highest BCUT2D eigenvalue weighted by molar-refractivity contribution is 7.99. The number of carbonyl (C=O) groups excluding carboxylic acids is 1. The minimum Gasteiger partial charge on any atom is -0.480 e. The number of benzene rings is 2. The van der Waals surface area contributed by atoms with Crippen molar-refractivity contribution in [1.82, 2.24) is 20.5 Å². The molecule has 2 aromatic heterocycles. The quantitative estimate of drug-likeness (QED) is 0.360. The molecule has 0 unspecified atom stereocenters. The monoisotopic (exact) mass is 440 g/mol. The average molecular weight is 440 g/mol. The van der Waals surface area contributed by atoms with E-state index in [1.54, 1.807) is 18.3 Å². The topological polar surface area (TPSA) is 121 Å². The molecule has 2 aromatic carbocycles. The summed E-state index contributed by atoms with van der Waals surface area (Å²) >= 11 is 0.940. The van der Waals surface area contributed by atoms with Gasteiger partial charge in [0.1, 0.15) is 11.9 Å². The van der Waals surface area contributed by atoms with Crippen LogP contribution in [0.4, 0.5) is 4.39 Å². The third-order valence-electron chi connectivity index (χ3n) is 4.57. The molecule has 0 radical (unpaired) electrons. The molecule has 0 aliphatic heterocycles. The van der Waals surface area contributed by atoms with Crippen LogP contribution in [-0.2, 0) is 16.0 Å². The number of carboxylic acids is 1. The highest BCUT2D eigenvalue weighted by Gasteiger charge is 2.22. The second-order valence-electron chi connectivity index (χ2n) is 6.66. The Bertz CT molecular complexity index is 1240. The maximum atomic E-state index is 13.8. The van der Waals surface area contributed by atoms with Gasteiger partial charge in [0.15, 0.2) is 0 Å². The van der Waals surface area contributed by atoms with Gasteiger partial charge in [0.2, 0.25) is 5.91 Å². The number of halogens is 1. The SMILES string of the molecule is O=C(CSc1nnc(-c2ccccc2F)o1)N[C@H](Cc1c[nH]c2ccccc12)C(=O)O. The third kappa shape index (κ3) is 4.75. The summed E-state index contributed by atoms with van der Waals surface area (Å²) in [7, 11) is 0. The highest BCUT2D eigenvalue weighted by Crippen LogP contribution is 2.25. The Morgan fingerprint density at radius 3 is 2.74 bits per heavy atom. The Hall–Kier alpha value is -3.66. The first kappa shape index (κ1) is 20.6. The summed E-state index contributed by atoms with van der Waals surface area (Å²) in [6.45, 7) is 0. The fraction of sp³-hybridized carbons (Fsp3) is 0.143. The number of thioether (sulfide) groups is 1. The van der Waals surface area contributed by atoms with Crippen molar-refractivity contribution in [3.05, 3.63) is 66.1 Å². The number of carbonyl (C=O) groups is 2. The number of carboxylic acid groups (broad SMARTS) is 1. The van der Waals surface area contributed by atoms with E-state index in [9.17, 15) is 19.1 Å². The van der Waals surface area contributed by atoms with Crippen LogP contribution < -0.4 is 5.32 Å². The van der Waals surface area contributed by atoms with Crippen molar-refractivity contribution in [2.75, 3.05) is 5.75 Å². The van der Waals surface area contributed by atoms with Gasteiger partial charge in [-0.1, -0.05) is 42.1 Å². The number of aromatic amines is 1. The number of aliphatic carboxylic acids is 1. The van der Waals surface area contributed by atoms with Gasteiger partial charge in [-0.3, -0.25) is 4.79 Å². The number of nitrogens with one attached hydrogen (secondary N) is 2. The molecular formula is C21H17FN4O4S. The van der Waals surface area contributed by atoms with Crippen LogP contribution in [0.25, 0.3) is 22.4 Å². The van der Waals surface area contributed by atoms with Crippen molar-refractivity contribution >= 4 is 34.5 Å². The predicted octanol–water partition coefficient (Wildman–Crippen LogP) is 3.26. The lowest BCUT2D eigenvalue weighted by atomic mass is 10.1. The summed E-state index contributed by atoms with van der Waals surface area (Å²) in [5.41, 5.74) is 1.85. The number of fused-ring (bicyclic) bond motifs is 1. The van der Waals surface area contributed by atoms with Gasteiger partial charge in [-0.25, -0.2) is 9.18 Å². The zero-order chi connectivity index (χ0) is 21.8. The van der Waals surface area contributed by atoms with E-state index in [4.69, 9.17) is 4.42 Å². The molecule has 0 saturated carbocycles. The number of hydrogen-bond donors (Lipinski definition) is 3. The summed E-state index contributed by atoms with van der Waals surface area (Å²) in [5.74, 6) is -2.26. The average Bonchev–Trinajstić information content (AvgIpc) is 3.39. The summed E-state index contributed by atoms with van der Waals surface area (Å²) in [6.07, 6.45) is 1.87. The lowest BCUT2D eigenvalue weighted by Gasteiger charge is -2.13. The third-order valence-corrected chi connectivity index (χ3v) is 5.39. The van der Waals surface area contributed by atoms with Gasteiger partial charge in [0.25, 0.3) is 11.1 Å². The van der Waals surface area contributed by atoms with Gasteiger partial charge in [0, 0.05) is 23.5 Å². The minimum atomic E-state index is -1.14. The number of H-pyrrole nitrogens is 1. The van der Waals surface area contributed by atoms with Gasteiger partial charge in [-0.2, -0.15) is 0 Å². The van der Waals surface area contributed by atoms with E-state index < -0.39 is 23.7 Å². The van der Waals surface area contributed by atoms with Crippen molar-refractivity contribution in [3.63, 3.8) is 0 Å². The zero-order valence-corrected chi connectivity index (χ0v) is 16.9. The first-order valence-electron chi connectivity index (χ1n) is 9.29. The highest BCUT2D eigenvalue weighted by atomic mass is 32.2. The van der Waals surface area contributed by atoms with Gasteiger partial charge in [0.05, 0.1) is 11.3 Å². The number of aromatic nitrogens is 3. The van der Waals surface area contributed by atoms with E-state index in [-0.39, 0.29) is 28.9 Å². The van der Waals surface area contributed by atoms with Gasteiger partial charge in [-0.15, -0.1) is 10.2 Å². The molecule has 0 bridgehead atoms. The molecule has 2 heterocycles. The fourth-order valence-corrected chi connectivity index (χ4v) is 3.67. The van der Waals surface area contributed by atoms with E-state index >= 15 is 0 Å². The van der Waals surface area contributed by atoms with Crippen LogP contribution in [0.1, 0.15) is 5.56 Å². The van der Waals surface area contributed by atoms with Gasteiger partial charge >= 0.3 is 5.97 Å². The molecular weight excluding hydrogens is 423 g/mol. The smallest absolute Gasteiger partial charge is 0.326 e. The van der Waals surface area contributed by atoms with Crippen LogP contribution in [-0.4, -0.2) is 44.0 Å². The van der Waals surface area contributed by atoms with Crippen LogP contribution >= 0.6 is 11.8 Å². The normalized spacial score (nSPS) is 12.0. The lowest BCUT2D eigenvalue weighted by molar-refractivity contribution is -0.141. The van der Waals surface area contributed by atoms with Crippen LogP contribution in [0.2, 0.25) is 0 Å². The summed E-state index contributed by atoms with van der Waals surface area (Å²) < 4.78 is 19.2. The molecule has 3 N–H and O–H groups in total. The lowest BCUT2D eigenvalue weighted by Crippen LogP contribution is -2.43. The largest absolute Gasteiger partial charge is 0.480 e. The number of amides is 1. The van der Waals surface area contributed by atoms with E-state index in [0.29, 0.717) is 0 Å². The van der Waals surface area contributed by atoms with E-state index in [0.717, 1.165) is 28.2 Å². The molecule has 1 amide bonds. The van der Waals surface area contributed by atoms with Crippen LogP contribution in [0.5, 0.6) is 0 Å². The molecule has 0 aliphatic carbocycles. The molecule has 4 rings (SSSR count). The summed E-state index contributed by atoms with van der Waals surface area (Å²) in [5, 5.41) is 20.6. The number of para-hydroxylation sites is 1. The second kappa shape index (κ2) is 9.00. The van der Waals surface area contributed by atoms with E-state index in [1.165, 1.54) is 12.1 Å². The van der Waals surface area contributed by atoms with Crippen LogP contribution in [0, 0.1) is 5.82 Å². The van der Waals surface area contributed by atoms with Crippen molar-refractivity contribution in [2.24, 2.45) is 0 Å². The Morgan fingerprint density at radius 1 is 1.16 bits per heavy atom. The maximum Gasteiger partial charge on any atom is 0.326 e. The Balaban J connectivity index is 1.37.